The summed E-state index contributed by atoms with van der Waals surface area (Å²) in [6.07, 6.45) is -2.79. The summed E-state index contributed by atoms with van der Waals surface area (Å²) in [5, 5.41) is 8.33. The van der Waals surface area contributed by atoms with Gasteiger partial charge in [-0.2, -0.15) is 5.26 Å². The zero-order valence-corrected chi connectivity index (χ0v) is 8.35. The van der Waals surface area contributed by atoms with E-state index in [0.717, 1.165) is 6.07 Å². The van der Waals surface area contributed by atoms with Crippen molar-refractivity contribution < 1.29 is 13.6 Å². The molecule has 0 saturated heterocycles. The van der Waals surface area contributed by atoms with Crippen molar-refractivity contribution in [3.05, 3.63) is 22.3 Å². The summed E-state index contributed by atoms with van der Waals surface area (Å²) in [5.41, 5.74) is 1.46. The Bertz CT molecular complexity index is 406. The summed E-state index contributed by atoms with van der Waals surface area (Å²) in [6.45, 7) is 0. The number of hydrogen-bond acceptors (Lipinski definition) is 4. The molecule has 1 aromatic heterocycles. The van der Waals surface area contributed by atoms with Crippen LogP contribution < -0.4 is 5.48 Å². The number of nitrogens with zero attached hydrogens (tertiary/aromatic N) is 2. The van der Waals surface area contributed by atoms with E-state index in [0.29, 0.717) is 0 Å². The van der Waals surface area contributed by atoms with Gasteiger partial charge in [-0.1, -0.05) is 11.6 Å². The molecular formula is C8H6ClF2N3O. The van der Waals surface area contributed by atoms with E-state index in [-0.39, 0.29) is 16.5 Å². The van der Waals surface area contributed by atoms with Gasteiger partial charge in [0, 0.05) is 5.56 Å². The fourth-order valence-corrected chi connectivity index (χ4v) is 1.21. The van der Waals surface area contributed by atoms with Crippen LogP contribution in [0.15, 0.2) is 6.07 Å². The minimum absolute atomic E-state index is 0.0248. The minimum atomic E-state index is -2.79. The van der Waals surface area contributed by atoms with Crippen molar-refractivity contribution in [3.63, 3.8) is 0 Å². The summed E-state index contributed by atoms with van der Waals surface area (Å²) in [4.78, 5) is 8.14. The van der Waals surface area contributed by atoms with Crippen LogP contribution in [0.1, 0.15) is 17.6 Å². The first-order valence-electron chi connectivity index (χ1n) is 3.77. The van der Waals surface area contributed by atoms with Gasteiger partial charge in [-0.3, -0.25) is 4.84 Å². The molecule has 0 fully saturated rings. The summed E-state index contributed by atoms with van der Waals surface area (Å²) in [6, 6.07) is 2.58. The van der Waals surface area contributed by atoms with Crippen molar-refractivity contribution in [1.82, 2.24) is 4.98 Å². The molecule has 0 spiro atoms. The van der Waals surface area contributed by atoms with E-state index in [1.165, 1.54) is 7.11 Å². The van der Waals surface area contributed by atoms with Crippen molar-refractivity contribution in [2.24, 2.45) is 0 Å². The molecule has 1 rings (SSSR count). The lowest BCUT2D eigenvalue weighted by molar-refractivity contribution is 0.151. The molecular weight excluding hydrogens is 228 g/mol. The highest BCUT2D eigenvalue weighted by Crippen LogP contribution is 2.28. The van der Waals surface area contributed by atoms with Crippen LogP contribution in [0, 0.1) is 11.3 Å². The number of rotatable bonds is 3. The summed E-state index contributed by atoms with van der Waals surface area (Å²) in [5.74, 6) is 0.0248. The van der Waals surface area contributed by atoms with Gasteiger partial charge >= 0.3 is 0 Å². The molecule has 15 heavy (non-hydrogen) atoms. The first-order chi connectivity index (χ1) is 7.10. The Labute approximate surface area is 89.4 Å². The van der Waals surface area contributed by atoms with Gasteiger partial charge in [-0.15, -0.1) is 0 Å². The predicted molar refractivity (Wildman–Crippen MR) is 49.6 cm³/mol. The third kappa shape index (κ3) is 2.52. The first-order valence-corrected chi connectivity index (χ1v) is 4.15. The molecule has 0 amide bonds. The summed E-state index contributed by atoms with van der Waals surface area (Å²) in [7, 11) is 1.30. The Hall–Kier alpha value is -1.45. The molecule has 0 aliphatic rings. The fraction of sp³-hybridized carbons (Fsp3) is 0.250. The maximum Gasteiger partial charge on any atom is 0.265 e. The normalized spacial score (nSPS) is 10.1. The van der Waals surface area contributed by atoms with Crippen LogP contribution in [0.4, 0.5) is 14.6 Å². The quantitative estimate of drug-likeness (QED) is 0.644. The van der Waals surface area contributed by atoms with Gasteiger partial charge < -0.3 is 0 Å². The monoisotopic (exact) mass is 233 g/mol. The van der Waals surface area contributed by atoms with Crippen molar-refractivity contribution in [1.29, 1.82) is 5.26 Å². The topological polar surface area (TPSA) is 57.9 Å². The molecule has 0 atom stereocenters. The first kappa shape index (κ1) is 11.6. The second kappa shape index (κ2) is 4.87. The van der Waals surface area contributed by atoms with Crippen molar-refractivity contribution in [2.75, 3.05) is 12.6 Å². The lowest BCUT2D eigenvalue weighted by Gasteiger charge is -2.08. The molecule has 0 aliphatic heterocycles. The zero-order chi connectivity index (χ0) is 11.4. The molecule has 4 nitrogen and oxygen atoms in total. The molecule has 0 aromatic carbocycles. The van der Waals surface area contributed by atoms with Crippen LogP contribution in [0.25, 0.3) is 0 Å². The molecule has 0 aliphatic carbocycles. The van der Waals surface area contributed by atoms with E-state index in [2.05, 4.69) is 15.3 Å². The molecule has 7 heteroatoms. The second-order valence-corrected chi connectivity index (χ2v) is 2.84. The van der Waals surface area contributed by atoms with Crippen LogP contribution in [0.2, 0.25) is 5.15 Å². The average molecular weight is 234 g/mol. The fourth-order valence-electron chi connectivity index (χ4n) is 0.972. The van der Waals surface area contributed by atoms with Gasteiger partial charge in [0.2, 0.25) is 0 Å². The molecule has 0 saturated carbocycles. The van der Waals surface area contributed by atoms with E-state index < -0.39 is 12.0 Å². The molecule has 1 aromatic rings. The van der Waals surface area contributed by atoms with Crippen molar-refractivity contribution >= 4 is 17.4 Å². The van der Waals surface area contributed by atoms with E-state index in [1.54, 1.807) is 6.07 Å². The zero-order valence-electron chi connectivity index (χ0n) is 7.59. The smallest absolute Gasteiger partial charge is 0.265 e. The lowest BCUT2D eigenvalue weighted by Crippen LogP contribution is -2.02. The predicted octanol–water partition coefficient (Wildman–Crippen LogP) is 2.52. The van der Waals surface area contributed by atoms with Gasteiger partial charge in [0.25, 0.3) is 6.43 Å². The summed E-state index contributed by atoms with van der Waals surface area (Å²) < 4.78 is 25.0. The Kier molecular flexibility index (Phi) is 3.77. The number of halogens is 3. The molecule has 0 bridgehead atoms. The highest BCUT2D eigenvalue weighted by Gasteiger charge is 2.18. The van der Waals surface area contributed by atoms with Crippen molar-refractivity contribution in [2.45, 2.75) is 6.43 Å². The SMILES string of the molecule is CONc1cc(C(F)F)c(C#N)c(Cl)n1. The molecule has 80 valence electrons. The van der Waals surface area contributed by atoms with E-state index in [1.807, 2.05) is 0 Å². The molecule has 0 unspecified atom stereocenters. The van der Waals surface area contributed by atoms with Gasteiger partial charge in [0.15, 0.2) is 5.82 Å². The lowest BCUT2D eigenvalue weighted by atomic mass is 10.1. The van der Waals surface area contributed by atoms with Crippen LogP contribution in [-0.4, -0.2) is 12.1 Å². The van der Waals surface area contributed by atoms with E-state index >= 15 is 0 Å². The van der Waals surface area contributed by atoms with Crippen LogP contribution in [0.3, 0.4) is 0 Å². The number of hydrogen-bond donors (Lipinski definition) is 1. The Morgan fingerprint density at radius 3 is 2.80 bits per heavy atom. The van der Waals surface area contributed by atoms with Gasteiger partial charge in [-0.05, 0) is 6.07 Å². The van der Waals surface area contributed by atoms with Crippen molar-refractivity contribution in [3.8, 4) is 6.07 Å². The maximum absolute atomic E-state index is 12.5. The van der Waals surface area contributed by atoms with Crippen LogP contribution in [-0.2, 0) is 4.84 Å². The number of nitrogens with one attached hydrogen (secondary N) is 1. The minimum Gasteiger partial charge on any atom is -0.278 e. The van der Waals surface area contributed by atoms with E-state index in [9.17, 15) is 8.78 Å². The Balaban J connectivity index is 3.27. The van der Waals surface area contributed by atoms with Gasteiger partial charge in [0.05, 0.1) is 12.7 Å². The molecule has 1 N–H and O–H groups in total. The number of pyridine rings is 1. The van der Waals surface area contributed by atoms with Crippen LogP contribution in [0.5, 0.6) is 0 Å². The average Bonchev–Trinajstić information content (AvgIpc) is 2.17. The Morgan fingerprint density at radius 2 is 2.33 bits per heavy atom. The highest BCUT2D eigenvalue weighted by molar-refractivity contribution is 6.30. The largest absolute Gasteiger partial charge is 0.278 e. The van der Waals surface area contributed by atoms with Crippen LogP contribution >= 0.6 is 11.6 Å². The molecule has 0 radical (unpaired) electrons. The van der Waals surface area contributed by atoms with E-state index in [4.69, 9.17) is 16.9 Å². The number of aromatic nitrogens is 1. The number of nitriles is 1. The molecule has 1 heterocycles. The van der Waals surface area contributed by atoms with Gasteiger partial charge in [-0.25, -0.2) is 19.2 Å². The third-order valence-corrected chi connectivity index (χ3v) is 1.83. The number of alkyl halides is 2. The number of anilines is 1. The second-order valence-electron chi connectivity index (χ2n) is 2.48. The Morgan fingerprint density at radius 1 is 1.67 bits per heavy atom. The maximum atomic E-state index is 12.5. The van der Waals surface area contributed by atoms with Gasteiger partial charge in [0.1, 0.15) is 11.2 Å². The third-order valence-electron chi connectivity index (χ3n) is 1.56. The standard InChI is InChI=1S/C8H6ClF2N3O/c1-15-14-6-2-4(8(10)11)5(3-12)7(9)13-6/h2,8H,1H3,(H,13,14). The highest BCUT2D eigenvalue weighted by atomic mass is 35.5. The summed E-state index contributed by atoms with van der Waals surface area (Å²) >= 11 is 5.55.